The second kappa shape index (κ2) is 8.83. The third-order valence-electron chi connectivity index (χ3n) is 4.64. The van der Waals surface area contributed by atoms with E-state index in [0.717, 1.165) is 4.47 Å². The first-order valence-corrected chi connectivity index (χ1v) is 11.9. The van der Waals surface area contributed by atoms with Gasteiger partial charge in [-0.3, -0.25) is 9.36 Å². The minimum atomic E-state index is -0.776. The van der Waals surface area contributed by atoms with Crippen LogP contribution in [-0.4, -0.2) is 17.1 Å². The highest BCUT2D eigenvalue weighted by molar-refractivity contribution is 14.1. The molecule has 3 heterocycles. The number of aromatic nitrogens is 1. The number of hydrogen-bond donors (Lipinski definition) is 0. The van der Waals surface area contributed by atoms with Gasteiger partial charge in [0.05, 0.1) is 32.9 Å². The van der Waals surface area contributed by atoms with Gasteiger partial charge in [-0.15, -0.1) is 0 Å². The van der Waals surface area contributed by atoms with Gasteiger partial charge in [0.1, 0.15) is 11.6 Å². The summed E-state index contributed by atoms with van der Waals surface area (Å²) in [6.45, 7) is 3.59. The zero-order valence-corrected chi connectivity index (χ0v) is 20.9. The third kappa shape index (κ3) is 4.20. The number of benzene rings is 1. The van der Waals surface area contributed by atoms with Crippen molar-refractivity contribution in [2.24, 2.45) is 4.99 Å². The number of hydrogen-bond acceptors (Lipinski definition) is 6. The molecule has 4 rings (SSSR count). The van der Waals surface area contributed by atoms with E-state index >= 15 is 0 Å². The first-order valence-electron chi connectivity index (χ1n) is 9.20. The number of carbonyl (C=O) groups excluding carboxylic acids is 1. The average Bonchev–Trinajstić information content (AvgIpc) is 3.20. The van der Waals surface area contributed by atoms with Gasteiger partial charge >= 0.3 is 5.97 Å². The van der Waals surface area contributed by atoms with E-state index in [1.807, 2.05) is 22.6 Å². The molecule has 0 bridgehead atoms. The molecule has 0 unspecified atom stereocenters. The van der Waals surface area contributed by atoms with Gasteiger partial charge in [-0.05, 0) is 53.5 Å². The zero-order chi connectivity index (χ0) is 22.3. The second-order valence-corrected chi connectivity index (χ2v) is 9.47. The number of furan rings is 1. The number of esters is 1. The summed E-state index contributed by atoms with van der Waals surface area (Å²) in [6.07, 6.45) is 1.64. The lowest BCUT2D eigenvalue weighted by Crippen LogP contribution is -2.39. The Hall–Kier alpha value is -2.05. The van der Waals surface area contributed by atoms with Crippen molar-refractivity contribution in [2.45, 2.75) is 19.9 Å². The number of halogens is 3. The normalized spacial score (nSPS) is 16.3. The van der Waals surface area contributed by atoms with Crippen LogP contribution >= 0.6 is 49.9 Å². The molecule has 3 aromatic rings. The van der Waals surface area contributed by atoms with Crippen LogP contribution in [0.5, 0.6) is 0 Å². The van der Waals surface area contributed by atoms with E-state index in [1.165, 1.54) is 28.0 Å². The first-order chi connectivity index (χ1) is 14.8. The highest BCUT2D eigenvalue weighted by atomic mass is 127. The Balaban J connectivity index is 1.96. The Kier molecular flexibility index (Phi) is 6.31. The molecule has 0 aliphatic carbocycles. The van der Waals surface area contributed by atoms with Gasteiger partial charge in [-0.25, -0.2) is 14.2 Å². The van der Waals surface area contributed by atoms with Crippen LogP contribution in [0.4, 0.5) is 4.39 Å². The van der Waals surface area contributed by atoms with Gasteiger partial charge in [0.2, 0.25) is 0 Å². The van der Waals surface area contributed by atoms with Crippen molar-refractivity contribution < 1.29 is 18.3 Å². The molecule has 10 heteroatoms. The molecular weight excluding hydrogens is 602 g/mol. The maximum absolute atomic E-state index is 13.6. The Morgan fingerprint density at radius 3 is 2.74 bits per heavy atom. The zero-order valence-electron chi connectivity index (χ0n) is 16.3. The third-order valence-corrected chi connectivity index (χ3v) is 7.75. The lowest BCUT2D eigenvalue weighted by atomic mass is 9.96. The summed E-state index contributed by atoms with van der Waals surface area (Å²) in [4.78, 5) is 31.1. The van der Waals surface area contributed by atoms with Crippen molar-refractivity contribution in [3.05, 3.63) is 86.7 Å². The highest BCUT2D eigenvalue weighted by Crippen LogP contribution is 2.31. The minimum absolute atomic E-state index is 0.183. The summed E-state index contributed by atoms with van der Waals surface area (Å²) in [6, 6.07) is 6.70. The lowest BCUT2D eigenvalue weighted by molar-refractivity contribution is -0.139. The largest absolute Gasteiger partial charge is 0.463 e. The highest BCUT2D eigenvalue weighted by Gasteiger charge is 2.33. The molecule has 0 N–H and O–H groups in total. The summed E-state index contributed by atoms with van der Waals surface area (Å²) in [5, 5.41) is 0. The van der Waals surface area contributed by atoms with E-state index in [0.29, 0.717) is 30.1 Å². The minimum Gasteiger partial charge on any atom is -0.463 e. The van der Waals surface area contributed by atoms with Gasteiger partial charge < -0.3 is 9.15 Å². The fraction of sp³-hybridized carbons (Fsp3) is 0.190. The van der Waals surface area contributed by atoms with Crippen molar-refractivity contribution >= 4 is 61.9 Å². The molecule has 0 saturated carbocycles. The molecule has 0 spiro atoms. The number of allylic oxidation sites excluding steroid dienone is 1. The SMILES string of the molecule is CCOC(=O)C1=C(C)N=c2s/c(=C/c3cc(Br)c(I)o3)c(=O)n2[C@@H]1c1ccc(F)cc1. The van der Waals surface area contributed by atoms with E-state index in [-0.39, 0.29) is 17.7 Å². The molecule has 6 nitrogen and oxygen atoms in total. The van der Waals surface area contributed by atoms with Crippen LogP contribution < -0.4 is 14.9 Å². The molecule has 0 amide bonds. The first kappa shape index (κ1) is 22.2. The summed E-state index contributed by atoms with van der Waals surface area (Å²) < 4.78 is 27.7. The van der Waals surface area contributed by atoms with Crippen molar-refractivity contribution in [3.8, 4) is 0 Å². The van der Waals surface area contributed by atoms with Crippen LogP contribution in [0.2, 0.25) is 0 Å². The molecule has 0 saturated heterocycles. The van der Waals surface area contributed by atoms with Gasteiger partial charge in [0.25, 0.3) is 5.56 Å². The predicted octanol–water partition coefficient (Wildman–Crippen LogP) is 3.90. The smallest absolute Gasteiger partial charge is 0.338 e. The molecule has 0 fully saturated rings. The Bertz CT molecular complexity index is 1370. The van der Waals surface area contributed by atoms with E-state index in [1.54, 1.807) is 38.1 Å². The van der Waals surface area contributed by atoms with Crippen molar-refractivity contribution in [1.29, 1.82) is 0 Å². The van der Waals surface area contributed by atoms with E-state index in [2.05, 4.69) is 20.9 Å². The number of nitrogens with zero attached hydrogens (tertiary/aromatic N) is 2. The average molecular weight is 617 g/mol. The van der Waals surface area contributed by atoms with Crippen molar-refractivity contribution in [3.63, 3.8) is 0 Å². The quantitative estimate of drug-likeness (QED) is 0.329. The monoisotopic (exact) mass is 616 g/mol. The van der Waals surface area contributed by atoms with Crippen molar-refractivity contribution in [2.75, 3.05) is 6.61 Å². The summed E-state index contributed by atoms with van der Waals surface area (Å²) >= 11 is 6.63. The predicted molar refractivity (Wildman–Crippen MR) is 126 cm³/mol. The van der Waals surface area contributed by atoms with E-state index in [4.69, 9.17) is 9.15 Å². The molecular formula is C21H15BrFIN2O4S. The molecule has 0 radical (unpaired) electrons. The topological polar surface area (TPSA) is 73.8 Å². The second-order valence-electron chi connectivity index (χ2n) is 6.62. The molecule has 1 aliphatic rings. The number of ether oxygens (including phenoxy) is 1. The van der Waals surface area contributed by atoms with Crippen LogP contribution in [0.3, 0.4) is 0 Å². The molecule has 1 aliphatic heterocycles. The van der Waals surface area contributed by atoms with Gasteiger partial charge in [-0.2, -0.15) is 0 Å². The maximum Gasteiger partial charge on any atom is 0.338 e. The molecule has 1 atom stereocenters. The van der Waals surface area contributed by atoms with E-state index < -0.39 is 17.8 Å². The molecule has 1 aromatic carbocycles. The number of carbonyl (C=O) groups is 1. The number of rotatable bonds is 4. The van der Waals surface area contributed by atoms with Crippen LogP contribution in [0.15, 0.2) is 60.3 Å². The van der Waals surface area contributed by atoms with E-state index in [9.17, 15) is 14.0 Å². The fourth-order valence-corrected chi connectivity index (χ4v) is 5.06. The van der Waals surface area contributed by atoms with Crippen molar-refractivity contribution in [1.82, 2.24) is 4.57 Å². The Labute approximate surface area is 202 Å². The van der Waals surface area contributed by atoms with Gasteiger partial charge in [0, 0.05) is 28.7 Å². The summed E-state index contributed by atoms with van der Waals surface area (Å²) in [7, 11) is 0. The fourth-order valence-electron chi connectivity index (χ4n) is 3.32. The standard InChI is InChI=1S/C21H15BrFIN2O4S/c1-3-29-20(28)16-10(2)25-21-26(17(16)11-4-6-12(23)7-5-11)19(27)15(31-21)9-13-8-14(22)18(24)30-13/h4-9,17H,3H2,1-2H3/b15-9+/t17-/m1/s1. The molecule has 160 valence electrons. The Morgan fingerprint density at radius 2 is 2.13 bits per heavy atom. The lowest BCUT2D eigenvalue weighted by Gasteiger charge is -2.24. The number of fused-ring (bicyclic) bond motifs is 1. The maximum atomic E-state index is 13.6. The van der Waals surface area contributed by atoms with Gasteiger partial charge in [-0.1, -0.05) is 23.5 Å². The number of thiazole rings is 1. The summed E-state index contributed by atoms with van der Waals surface area (Å²) in [5.41, 5.74) is 0.968. The van der Waals surface area contributed by atoms with Crippen LogP contribution in [0.1, 0.15) is 31.2 Å². The van der Waals surface area contributed by atoms with Gasteiger partial charge in [0.15, 0.2) is 8.57 Å². The molecule has 2 aromatic heterocycles. The Morgan fingerprint density at radius 1 is 1.42 bits per heavy atom. The van der Waals surface area contributed by atoms with Crippen LogP contribution in [0, 0.1) is 9.58 Å². The van der Waals surface area contributed by atoms with Crippen LogP contribution in [-0.2, 0) is 9.53 Å². The van der Waals surface area contributed by atoms with Crippen LogP contribution in [0.25, 0.3) is 6.08 Å². The molecule has 31 heavy (non-hydrogen) atoms. The summed E-state index contributed by atoms with van der Waals surface area (Å²) in [5.74, 6) is -0.453.